The molecule has 1 heterocycles. The van der Waals surface area contributed by atoms with Gasteiger partial charge in [-0.25, -0.2) is 0 Å². The van der Waals surface area contributed by atoms with E-state index in [1.165, 1.54) is 0 Å². The molecule has 0 radical (unpaired) electrons. The van der Waals surface area contributed by atoms with Crippen molar-refractivity contribution in [3.63, 3.8) is 0 Å². The predicted molar refractivity (Wildman–Crippen MR) is 42.9 cm³/mol. The Morgan fingerprint density at radius 2 is 2.45 bits per heavy atom. The Kier molecular flexibility index (Phi) is 2.20. The second kappa shape index (κ2) is 2.83. The van der Waals surface area contributed by atoms with Crippen molar-refractivity contribution >= 4 is 0 Å². The maximum atomic E-state index is 9.77. The smallest absolute Gasteiger partial charge is 0.133 e. The molecule has 0 saturated carbocycles. The summed E-state index contributed by atoms with van der Waals surface area (Å²) in [7, 11) is 0. The number of hydrogen-bond acceptors (Lipinski definition) is 3. The van der Waals surface area contributed by atoms with Gasteiger partial charge in [-0.2, -0.15) is 0 Å². The molecule has 0 bridgehead atoms. The van der Waals surface area contributed by atoms with Gasteiger partial charge in [0.1, 0.15) is 11.4 Å². The summed E-state index contributed by atoms with van der Waals surface area (Å²) >= 11 is 0. The fourth-order valence-corrected chi connectivity index (χ4v) is 0.995. The first-order chi connectivity index (χ1) is 5.05. The second-order valence-electron chi connectivity index (χ2n) is 3.14. The lowest BCUT2D eigenvalue weighted by molar-refractivity contribution is 0.0181. The van der Waals surface area contributed by atoms with E-state index in [0.29, 0.717) is 12.4 Å². The Labute approximate surface area is 66.8 Å². The van der Waals surface area contributed by atoms with Crippen molar-refractivity contribution < 1.29 is 9.84 Å². The molecule has 2 atom stereocenters. The highest BCUT2D eigenvalue weighted by molar-refractivity contribution is 5.14. The Hall–Kier alpha value is -0.540. The van der Waals surface area contributed by atoms with Gasteiger partial charge >= 0.3 is 0 Å². The topological polar surface area (TPSA) is 55.5 Å². The summed E-state index contributed by atoms with van der Waals surface area (Å²) in [5.74, 6) is 0.618. The van der Waals surface area contributed by atoms with E-state index in [0.717, 1.165) is 6.42 Å². The molecule has 0 spiro atoms. The second-order valence-corrected chi connectivity index (χ2v) is 3.14. The van der Waals surface area contributed by atoms with Gasteiger partial charge in [-0.15, -0.1) is 0 Å². The molecular formula is C8H15NO2. The van der Waals surface area contributed by atoms with Crippen LogP contribution in [0.1, 0.15) is 20.3 Å². The molecule has 0 aromatic rings. The fourth-order valence-electron chi connectivity index (χ4n) is 0.995. The van der Waals surface area contributed by atoms with Gasteiger partial charge in [0.15, 0.2) is 0 Å². The number of rotatable bonds is 2. The van der Waals surface area contributed by atoms with Crippen LogP contribution in [-0.4, -0.2) is 23.4 Å². The van der Waals surface area contributed by atoms with E-state index in [-0.39, 0.29) is 6.04 Å². The lowest BCUT2D eigenvalue weighted by Gasteiger charge is -2.27. The molecule has 3 N–H and O–H groups in total. The Balaban J connectivity index is 2.70. The summed E-state index contributed by atoms with van der Waals surface area (Å²) in [6, 6.07) is -0.299. The molecule has 11 heavy (non-hydrogen) atoms. The first kappa shape index (κ1) is 8.56. The van der Waals surface area contributed by atoms with Crippen molar-refractivity contribution in [2.75, 3.05) is 6.61 Å². The molecule has 0 amide bonds. The van der Waals surface area contributed by atoms with Crippen LogP contribution in [0.15, 0.2) is 11.8 Å². The molecule has 1 aliphatic heterocycles. The lowest BCUT2D eigenvalue weighted by atomic mass is 9.96. The zero-order valence-electron chi connectivity index (χ0n) is 7.00. The molecule has 0 aliphatic carbocycles. The van der Waals surface area contributed by atoms with Crippen LogP contribution >= 0.6 is 0 Å². The average Bonchev–Trinajstić information content (AvgIpc) is 2.37. The van der Waals surface area contributed by atoms with Crippen molar-refractivity contribution in [2.45, 2.75) is 31.9 Å². The summed E-state index contributed by atoms with van der Waals surface area (Å²) in [5, 5.41) is 9.77. The molecule has 2 unspecified atom stereocenters. The first-order valence-corrected chi connectivity index (χ1v) is 3.86. The molecule has 3 nitrogen and oxygen atoms in total. The zero-order valence-corrected chi connectivity index (χ0v) is 7.00. The highest BCUT2D eigenvalue weighted by Crippen LogP contribution is 2.24. The number of ether oxygens (including phenoxy) is 1. The quantitative estimate of drug-likeness (QED) is 0.609. The number of nitrogens with two attached hydrogens (primary N) is 1. The van der Waals surface area contributed by atoms with Gasteiger partial charge in [0.05, 0.1) is 6.61 Å². The first-order valence-electron chi connectivity index (χ1n) is 3.86. The van der Waals surface area contributed by atoms with Gasteiger partial charge in [-0.3, -0.25) is 0 Å². The van der Waals surface area contributed by atoms with E-state index >= 15 is 0 Å². The minimum atomic E-state index is -1.00. The van der Waals surface area contributed by atoms with E-state index in [1.807, 2.05) is 6.08 Å². The highest BCUT2D eigenvalue weighted by atomic mass is 16.5. The maximum Gasteiger partial charge on any atom is 0.133 e. The van der Waals surface area contributed by atoms with Crippen molar-refractivity contribution in [3.8, 4) is 0 Å². The van der Waals surface area contributed by atoms with Gasteiger partial charge < -0.3 is 15.6 Å². The van der Waals surface area contributed by atoms with E-state index in [2.05, 4.69) is 0 Å². The zero-order chi connectivity index (χ0) is 8.48. The Bertz CT molecular complexity index is 173. The maximum absolute atomic E-state index is 9.77. The van der Waals surface area contributed by atoms with Crippen LogP contribution < -0.4 is 5.73 Å². The normalized spacial score (nSPS) is 25.3. The van der Waals surface area contributed by atoms with Crippen LogP contribution in [0.5, 0.6) is 0 Å². The summed E-state index contributed by atoms with van der Waals surface area (Å²) in [6.45, 7) is 4.11. The summed E-state index contributed by atoms with van der Waals surface area (Å²) in [6.07, 6.45) is 2.77. The Morgan fingerprint density at radius 3 is 2.82 bits per heavy atom. The summed E-state index contributed by atoms with van der Waals surface area (Å²) in [5.41, 5.74) is 4.58. The van der Waals surface area contributed by atoms with Gasteiger partial charge in [0.2, 0.25) is 0 Å². The third-order valence-electron chi connectivity index (χ3n) is 2.09. The molecule has 0 saturated heterocycles. The third-order valence-corrected chi connectivity index (χ3v) is 2.09. The summed E-state index contributed by atoms with van der Waals surface area (Å²) in [4.78, 5) is 0. The van der Waals surface area contributed by atoms with Crippen LogP contribution in [0.25, 0.3) is 0 Å². The van der Waals surface area contributed by atoms with E-state index < -0.39 is 5.60 Å². The molecule has 64 valence electrons. The van der Waals surface area contributed by atoms with Crippen LogP contribution in [0.3, 0.4) is 0 Å². The van der Waals surface area contributed by atoms with Gasteiger partial charge in [-0.1, -0.05) is 0 Å². The van der Waals surface area contributed by atoms with Crippen molar-refractivity contribution in [1.29, 1.82) is 0 Å². The van der Waals surface area contributed by atoms with Crippen molar-refractivity contribution in [2.24, 2.45) is 5.73 Å². The minimum absolute atomic E-state index is 0.299. The molecule has 1 rings (SSSR count). The molecule has 1 aliphatic rings. The Morgan fingerprint density at radius 1 is 1.82 bits per heavy atom. The van der Waals surface area contributed by atoms with Crippen molar-refractivity contribution in [3.05, 3.63) is 11.8 Å². The largest absolute Gasteiger partial charge is 0.495 e. The standard InChI is InChI=1S/C8H15NO2/c1-6(9)8(2,10)7-4-3-5-11-7/h4,6,10H,3,5,9H2,1-2H3. The van der Waals surface area contributed by atoms with Crippen LogP contribution in [-0.2, 0) is 4.74 Å². The van der Waals surface area contributed by atoms with E-state index in [4.69, 9.17) is 10.5 Å². The highest BCUT2D eigenvalue weighted by Gasteiger charge is 2.33. The van der Waals surface area contributed by atoms with Gasteiger partial charge in [-0.05, 0) is 19.9 Å². The van der Waals surface area contributed by atoms with Crippen LogP contribution in [0, 0.1) is 0 Å². The molecule has 0 aromatic carbocycles. The monoisotopic (exact) mass is 157 g/mol. The lowest BCUT2D eigenvalue weighted by Crippen LogP contribution is -2.45. The SMILES string of the molecule is CC(N)C(C)(O)C1=CCCO1. The van der Waals surface area contributed by atoms with E-state index in [1.54, 1.807) is 13.8 Å². The van der Waals surface area contributed by atoms with Crippen LogP contribution in [0.2, 0.25) is 0 Å². The molecule has 0 fully saturated rings. The van der Waals surface area contributed by atoms with Crippen LogP contribution in [0.4, 0.5) is 0 Å². The number of aliphatic hydroxyl groups is 1. The minimum Gasteiger partial charge on any atom is -0.495 e. The van der Waals surface area contributed by atoms with Gasteiger partial charge in [0.25, 0.3) is 0 Å². The van der Waals surface area contributed by atoms with E-state index in [9.17, 15) is 5.11 Å². The van der Waals surface area contributed by atoms with Crippen molar-refractivity contribution in [1.82, 2.24) is 0 Å². The van der Waals surface area contributed by atoms with Gasteiger partial charge in [0, 0.05) is 12.5 Å². The third kappa shape index (κ3) is 1.54. The summed E-state index contributed by atoms with van der Waals surface area (Å²) < 4.78 is 5.21. The predicted octanol–water partition coefficient (Wildman–Crippen LogP) is 0.389. The molecule has 3 heteroatoms. The number of hydrogen-bond donors (Lipinski definition) is 2. The average molecular weight is 157 g/mol. The molecule has 0 aromatic heterocycles. The fraction of sp³-hybridized carbons (Fsp3) is 0.750. The molecular weight excluding hydrogens is 142 g/mol.